The van der Waals surface area contributed by atoms with Crippen LogP contribution in [-0.2, 0) is 0 Å². The molecule has 1 saturated carbocycles. The van der Waals surface area contributed by atoms with Crippen molar-refractivity contribution in [1.29, 1.82) is 0 Å². The molecule has 2 N–H and O–H groups in total. The predicted molar refractivity (Wildman–Crippen MR) is 92.0 cm³/mol. The maximum atomic E-state index is 12.8. The molecule has 1 amide bonds. The van der Waals surface area contributed by atoms with Gasteiger partial charge in [-0.05, 0) is 47.9 Å². The van der Waals surface area contributed by atoms with Crippen LogP contribution in [0.3, 0.4) is 0 Å². The second-order valence-electron chi connectivity index (χ2n) is 6.82. The Labute approximate surface area is 137 Å². The van der Waals surface area contributed by atoms with Crippen LogP contribution < -0.4 is 5.73 Å². The van der Waals surface area contributed by atoms with Crippen molar-refractivity contribution in [3.63, 3.8) is 0 Å². The van der Waals surface area contributed by atoms with Gasteiger partial charge in [-0.25, -0.2) is 0 Å². The van der Waals surface area contributed by atoms with E-state index in [0.29, 0.717) is 12.5 Å². The Morgan fingerprint density at radius 1 is 0.957 bits per heavy atom. The predicted octanol–water partition coefficient (Wildman–Crippen LogP) is 3.16. The smallest absolute Gasteiger partial charge is 0.253 e. The molecular weight excluding hydrogens is 284 g/mol. The maximum absolute atomic E-state index is 12.8. The lowest BCUT2D eigenvalue weighted by Crippen LogP contribution is -2.32. The van der Waals surface area contributed by atoms with Gasteiger partial charge in [0.1, 0.15) is 0 Å². The summed E-state index contributed by atoms with van der Waals surface area (Å²) in [6.07, 6.45) is 2.56. The molecule has 2 fully saturated rings. The van der Waals surface area contributed by atoms with Gasteiger partial charge < -0.3 is 10.6 Å². The van der Waals surface area contributed by atoms with Gasteiger partial charge in [-0.15, -0.1) is 0 Å². The number of rotatable bonds is 3. The van der Waals surface area contributed by atoms with E-state index in [1.165, 1.54) is 12.8 Å². The molecule has 2 aliphatic rings. The quantitative estimate of drug-likeness (QED) is 0.947. The lowest BCUT2D eigenvalue weighted by Gasteiger charge is -2.17. The molecule has 2 atom stereocenters. The number of benzene rings is 2. The van der Waals surface area contributed by atoms with Crippen molar-refractivity contribution in [3.8, 4) is 11.1 Å². The number of nitrogens with zero attached hydrogens (tertiary/aromatic N) is 1. The van der Waals surface area contributed by atoms with E-state index in [0.717, 1.165) is 29.2 Å². The van der Waals surface area contributed by atoms with Crippen LogP contribution in [0.2, 0.25) is 0 Å². The van der Waals surface area contributed by atoms with Crippen LogP contribution in [0.1, 0.15) is 23.2 Å². The van der Waals surface area contributed by atoms with Crippen molar-refractivity contribution >= 4 is 5.91 Å². The van der Waals surface area contributed by atoms with Gasteiger partial charge in [0.25, 0.3) is 5.91 Å². The summed E-state index contributed by atoms with van der Waals surface area (Å²) in [4.78, 5) is 14.8. The van der Waals surface area contributed by atoms with Gasteiger partial charge in [0.05, 0.1) is 0 Å². The SMILES string of the molecule is N[C@H]1CN(C(=O)c2cccc(-c3ccccc3)c2)C[C@@H]1C1CC1. The Bertz CT molecular complexity index is 709. The number of hydrogen-bond donors (Lipinski definition) is 1. The highest BCUT2D eigenvalue weighted by Crippen LogP contribution is 2.41. The molecule has 1 aliphatic carbocycles. The summed E-state index contributed by atoms with van der Waals surface area (Å²) in [5, 5.41) is 0. The summed E-state index contributed by atoms with van der Waals surface area (Å²) in [5.74, 6) is 1.36. The molecule has 0 aromatic heterocycles. The summed E-state index contributed by atoms with van der Waals surface area (Å²) in [5.41, 5.74) is 9.23. The minimum atomic E-state index is 0.112. The first kappa shape index (κ1) is 14.5. The molecule has 2 aromatic carbocycles. The molecule has 3 heteroatoms. The molecule has 0 bridgehead atoms. The molecule has 1 saturated heterocycles. The Morgan fingerprint density at radius 2 is 1.70 bits per heavy atom. The van der Waals surface area contributed by atoms with Crippen LogP contribution in [0.25, 0.3) is 11.1 Å². The zero-order valence-corrected chi connectivity index (χ0v) is 13.2. The number of carbonyl (C=O) groups is 1. The Kier molecular flexibility index (Phi) is 3.66. The average Bonchev–Trinajstić information content (AvgIpc) is 3.37. The van der Waals surface area contributed by atoms with Gasteiger partial charge in [-0.2, -0.15) is 0 Å². The first-order chi connectivity index (χ1) is 11.2. The largest absolute Gasteiger partial charge is 0.337 e. The van der Waals surface area contributed by atoms with E-state index in [2.05, 4.69) is 18.2 Å². The molecule has 4 rings (SSSR count). The van der Waals surface area contributed by atoms with Gasteiger partial charge in [-0.3, -0.25) is 4.79 Å². The van der Waals surface area contributed by atoms with E-state index in [1.54, 1.807) is 0 Å². The first-order valence-electron chi connectivity index (χ1n) is 8.43. The Hall–Kier alpha value is -2.13. The van der Waals surface area contributed by atoms with Crippen LogP contribution >= 0.6 is 0 Å². The van der Waals surface area contributed by atoms with Gasteiger partial charge in [0.15, 0.2) is 0 Å². The molecule has 23 heavy (non-hydrogen) atoms. The minimum Gasteiger partial charge on any atom is -0.337 e. The van der Waals surface area contributed by atoms with Crippen molar-refractivity contribution in [2.24, 2.45) is 17.6 Å². The zero-order valence-electron chi connectivity index (χ0n) is 13.2. The molecule has 0 radical (unpaired) electrons. The van der Waals surface area contributed by atoms with Crippen LogP contribution in [0.5, 0.6) is 0 Å². The van der Waals surface area contributed by atoms with E-state index in [-0.39, 0.29) is 11.9 Å². The van der Waals surface area contributed by atoms with Crippen LogP contribution in [0, 0.1) is 11.8 Å². The fourth-order valence-electron chi connectivity index (χ4n) is 3.69. The molecule has 118 valence electrons. The van der Waals surface area contributed by atoms with Crippen LogP contribution in [0.4, 0.5) is 0 Å². The normalized spacial score (nSPS) is 24.0. The fourth-order valence-corrected chi connectivity index (χ4v) is 3.69. The van der Waals surface area contributed by atoms with Crippen molar-refractivity contribution < 1.29 is 4.79 Å². The Morgan fingerprint density at radius 3 is 2.43 bits per heavy atom. The third-order valence-corrected chi connectivity index (χ3v) is 5.14. The van der Waals surface area contributed by atoms with Gasteiger partial charge in [0, 0.05) is 24.7 Å². The van der Waals surface area contributed by atoms with Crippen molar-refractivity contribution in [1.82, 2.24) is 4.90 Å². The van der Waals surface area contributed by atoms with Gasteiger partial charge in [-0.1, -0.05) is 42.5 Å². The van der Waals surface area contributed by atoms with Crippen molar-refractivity contribution in [2.75, 3.05) is 13.1 Å². The van der Waals surface area contributed by atoms with E-state index in [1.807, 2.05) is 41.3 Å². The molecule has 3 nitrogen and oxygen atoms in total. The fraction of sp³-hybridized carbons (Fsp3) is 0.350. The minimum absolute atomic E-state index is 0.112. The molecule has 0 unspecified atom stereocenters. The lowest BCUT2D eigenvalue weighted by atomic mass is 9.99. The van der Waals surface area contributed by atoms with E-state index in [4.69, 9.17) is 5.73 Å². The van der Waals surface area contributed by atoms with Gasteiger partial charge >= 0.3 is 0 Å². The highest BCUT2D eigenvalue weighted by atomic mass is 16.2. The van der Waals surface area contributed by atoms with E-state index >= 15 is 0 Å². The molecule has 1 heterocycles. The second kappa shape index (κ2) is 5.82. The number of nitrogens with two attached hydrogens (primary N) is 1. The standard InChI is InChI=1S/C20H22N2O/c21-19-13-22(12-18(19)15-9-10-15)20(23)17-8-4-7-16(11-17)14-5-2-1-3-6-14/h1-8,11,15,18-19H,9-10,12-13,21H2/t18-,19+/m1/s1. The highest BCUT2D eigenvalue weighted by Gasteiger charge is 2.42. The van der Waals surface area contributed by atoms with Crippen molar-refractivity contribution in [2.45, 2.75) is 18.9 Å². The molecule has 2 aromatic rings. The third-order valence-electron chi connectivity index (χ3n) is 5.14. The second-order valence-corrected chi connectivity index (χ2v) is 6.82. The van der Waals surface area contributed by atoms with E-state index < -0.39 is 0 Å². The lowest BCUT2D eigenvalue weighted by molar-refractivity contribution is 0.0785. The first-order valence-corrected chi connectivity index (χ1v) is 8.43. The summed E-state index contributed by atoms with van der Waals surface area (Å²) in [6, 6.07) is 18.2. The number of likely N-dealkylation sites (tertiary alicyclic amines) is 1. The van der Waals surface area contributed by atoms with Crippen molar-refractivity contribution in [3.05, 3.63) is 60.2 Å². The van der Waals surface area contributed by atoms with E-state index in [9.17, 15) is 4.79 Å². The number of hydrogen-bond acceptors (Lipinski definition) is 2. The molecule has 0 spiro atoms. The molecular formula is C20H22N2O. The third kappa shape index (κ3) is 2.89. The Balaban J connectivity index is 1.55. The van der Waals surface area contributed by atoms with Crippen LogP contribution in [0.15, 0.2) is 54.6 Å². The summed E-state index contributed by atoms with van der Waals surface area (Å²) in [6.45, 7) is 1.51. The number of amides is 1. The van der Waals surface area contributed by atoms with Gasteiger partial charge in [0.2, 0.25) is 0 Å². The maximum Gasteiger partial charge on any atom is 0.253 e. The molecule has 1 aliphatic heterocycles. The zero-order chi connectivity index (χ0) is 15.8. The summed E-state index contributed by atoms with van der Waals surface area (Å²) < 4.78 is 0. The summed E-state index contributed by atoms with van der Waals surface area (Å²) >= 11 is 0. The monoisotopic (exact) mass is 306 g/mol. The average molecular weight is 306 g/mol. The van der Waals surface area contributed by atoms with Crippen LogP contribution in [-0.4, -0.2) is 29.9 Å². The summed E-state index contributed by atoms with van der Waals surface area (Å²) in [7, 11) is 0. The topological polar surface area (TPSA) is 46.3 Å². The highest BCUT2D eigenvalue weighted by molar-refractivity contribution is 5.95. The number of carbonyl (C=O) groups excluding carboxylic acids is 1.